The highest BCUT2D eigenvalue weighted by molar-refractivity contribution is 7.09. The molecular weight excluding hydrogens is 198 g/mol. The second kappa shape index (κ2) is 5.72. The summed E-state index contributed by atoms with van der Waals surface area (Å²) in [5.41, 5.74) is 1.08. The molecule has 1 aromatic rings. The Morgan fingerprint density at radius 3 is 3.07 bits per heavy atom. The van der Waals surface area contributed by atoms with Crippen molar-refractivity contribution in [2.24, 2.45) is 0 Å². The van der Waals surface area contributed by atoms with E-state index in [9.17, 15) is 0 Å². The van der Waals surface area contributed by atoms with Gasteiger partial charge in [0.1, 0.15) is 5.82 Å². The van der Waals surface area contributed by atoms with Crippen LogP contribution < -0.4 is 5.32 Å². The summed E-state index contributed by atoms with van der Waals surface area (Å²) in [6.07, 6.45) is 0.766. The van der Waals surface area contributed by atoms with Gasteiger partial charge in [-0.3, -0.25) is 0 Å². The third-order valence-corrected chi connectivity index (χ3v) is 2.25. The van der Waals surface area contributed by atoms with E-state index < -0.39 is 0 Å². The Balaban J connectivity index is 2.38. The maximum Gasteiger partial charge on any atom is 0.202 e. The van der Waals surface area contributed by atoms with Crippen molar-refractivity contribution in [3.05, 3.63) is 18.0 Å². The first-order valence-corrected chi connectivity index (χ1v) is 5.19. The van der Waals surface area contributed by atoms with Crippen LogP contribution in [0.15, 0.2) is 12.2 Å². The van der Waals surface area contributed by atoms with Gasteiger partial charge in [-0.2, -0.15) is 4.37 Å². The fraction of sp³-hybridized carbons (Fsp3) is 0.556. The molecule has 1 heterocycles. The summed E-state index contributed by atoms with van der Waals surface area (Å²) in [5.74, 6) is 0.834. The average molecular weight is 213 g/mol. The predicted octanol–water partition coefficient (Wildman–Crippen LogP) is 1.72. The van der Waals surface area contributed by atoms with Crippen molar-refractivity contribution in [2.75, 3.05) is 25.6 Å². The number of aromatic nitrogens is 2. The molecule has 0 fully saturated rings. The number of ether oxygens (including phenoxy) is 1. The largest absolute Gasteiger partial charge is 0.384 e. The van der Waals surface area contributed by atoms with Gasteiger partial charge < -0.3 is 10.1 Å². The lowest BCUT2D eigenvalue weighted by molar-refractivity contribution is 0.201. The summed E-state index contributed by atoms with van der Waals surface area (Å²) < 4.78 is 9.13. The lowest BCUT2D eigenvalue weighted by Crippen LogP contribution is -2.02. The van der Waals surface area contributed by atoms with Crippen molar-refractivity contribution >= 4 is 16.7 Å². The third-order valence-electron chi connectivity index (χ3n) is 1.54. The maximum absolute atomic E-state index is 4.94. The van der Waals surface area contributed by atoms with Crippen LogP contribution >= 0.6 is 11.5 Å². The Labute approximate surface area is 88.2 Å². The van der Waals surface area contributed by atoms with Crippen molar-refractivity contribution in [1.82, 2.24) is 9.36 Å². The van der Waals surface area contributed by atoms with Crippen LogP contribution in [0.5, 0.6) is 0 Å². The number of nitrogens with zero attached hydrogens (tertiary/aromatic N) is 2. The van der Waals surface area contributed by atoms with E-state index in [-0.39, 0.29) is 0 Å². The molecule has 1 N–H and O–H groups in total. The van der Waals surface area contributed by atoms with Gasteiger partial charge in [0.2, 0.25) is 5.13 Å². The molecule has 0 aromatic carbocycles. The molecule has 0 atom stereocenters. The standard InChI is InChI=1S/C9H15N3OS/c1-7(2)6-10-9-11-8(12-14-9)4-5-13-3/h1,4-6H2,2-3H3,(H,10,11,12). The van der Waals surface area contributed by atoms with E-state index in [4.69, 9.17) is 4.74 Å². The van der Waals surface area contributed by atoms with Crippen LogP contribution in [-0.4, -0.2) is 29.6 Å². The van der Waals surface area contributed by atoms with Gasteiger partial charge in [-0.15, -0.1) is 0 Å². The zero-order valence-electron chi connectivity index (χ0n) is 8.54. The van der Waals surface area contributed by atoms with E-state index in [1.165, 1.54) is 11.5 Å². The smallest absolute Gasteiger partial charge is 0.202 e. The van der Waals surface area contributed by atoms with Crippen molar-refractivity contribution in [3.8, 4) is 0 Å². The lowest BCUT2D eigenvalue weighted by Gasteiger charge is -1.98. The first kappa shape index (κ1) is 11.1. The molecule has 0 radical (unpaired) electrons. The zero-order valence-corrected chi connectivity index (χ0v) is 9.36. The molecule has 0 bridgehead atoms. The summed E-state index contributed by atoms with van der Waals surface area (Å²) in [6.45, 7) is 7.18. The highest BCUT2D eigenvalue weighted by atomic mass is 32.1. The summed E-state index contributed by atoms with van der Waals surface area (Å²) in [7, 11) is 1.67. The van der Waals surface area contributed by atoms with E-state index in [2.05, 4.69) is 21.3 Å². The van der Waals surface area contributed by atoms with Crippen molar-refractivity contribution in [3.63, 3.8) is 0 Å². The maximum atomic E-state index is 4.94. The van der Waals surface area contributed by atoms with Crippen molar-refractivity contribution < 1.29 is 4.74 Å². The first-order chi connectivity index (χ1) is 6.72. The molecule has 0 aliphatic rings. The Bertz CT molecular complexity index is 298. The molecule has 78 valence electrons. The number of rotatable bonds is 6. The molecule has 0 aliphatic carbocycles. The number of hydrogen-bond donors (Lipinski definition) is 1. The molecule has 0 spiro atoms. The minimum Gasteiger partial charge on any atom is -0.384 e. The summed E-state index contributed by atoms with van der Waals surface area (Å²) in [4.78, 5) is 4.29. The second-order valence-electron chi connectivity index (χ2n) is 3.07. The number of hydrogen-bond acceptors (Lipinski definition) is 5. The number of anilines is 1. The highest BCUT2D eigenvalue weighted by Crippen LogP contribution is 2.11. The fourth-order valence-corrected chi connectivity index (χ4v) is 1.45. The highest BCUT2D eigenvalue weighted by Gasteiger charge is 2.02. The normalized spacial score (nSPS) is 10.1. The van der Waals surface area contributed by atoms with Crippen LogP contribution in [0.3, 0.4) is 0 Å². The molecule has 4 nitrogen and oxygen atoms in total. The third kappa shape index (κ3) is 3.85. The minimum atomic E-state index is 0.663. The van der Waals surface area contributed by atoms with Crippen LogP contribution in [-0.2, 0) is 11.2 Å². The quantitative estimate of drug-likeness (QED) is 0.731. The minimum absolute atomic E-state index is 0.663. The van der Waals surface area contributed by atoms with Gasteiger partial charge in [0.05, 0.1) is 6.61 Å². The monoisotopic (exact) mass is 213 g/mol. The fourth-order valence-electron chi connectivity index (χ4n) is 0.847. The number of nitrogens with one attached hydrogen (secondary N) is 1. The van der Waals surface area contributed by atoms with Gasteiger partial charge in [0, 0.05) is 31.6 Å². The van der Waals surface area contributed by atoms with Crippen LogP contribution in [0, 0.1) is 0 Å². The topological polar surface area (TPSA) is 47.0 Å². The molecule has 1 aromatic heterocycles. The van der Waals surface area contributed by atoms with Gasteiger partial charge in [0.15, 0.2) is 0 Å². The van der Waals surface area contributed by atoms with E-state index in [1.54, 1.807) is 7.11 Å². The second-order valence-corrected chi connectivity index (χ2v) is 3.82. The van der Waals surface area contributed by atoms with Crippen LogP contribution in [0.1, 0.15) is 12.7 Å². The Morgan fingerprint density at radius 1 is 1.64 bits per heavy atom. The van der Waals surface area contributed by atoms with Gasteiger partial charge in [-0.05, 0) is 6.92 Å². The molecule has 0 saturated heterocycles. The van der Waals surface area contributed by atoms with Gasteiger partial charge in [-0.1, -0.05) is 12.2 Å². The summed E-state index contributed by atoms with van der Waals surface area (Å²) in [6, 6.07) is 0. The zero-order chi connectivity index (χ0) is 10.4. The Hall–Kier alpha value is -0.940. The molecule has 0 amide bonds. The summed E-state index contributed by atoms with van der Waals surface area (Å²) in [5, 5.41) is 3.99. The van der Waals surface area contributed by atoms with Crippen LogP contribution in [0.25, 0.3) is 0 Å². The summed E-state index contributed by atoms with van der Waals surface area (Å²) >= 11 is 1.37. The average Bonchev–Trinajstić information content (AvgIpc) is 2.59. The van der Waals surface area contributed by atoms with Crippen molar-refractivity contribution in [2.45, 2.75) is 13.3 Å². The molecule has 0 aliphatic heterocycles. The molecule has 0 saturated carbocycles. The molecule has 1 rings (SSSR count). The molecular formula is C9H15N3OS. The molecule has 5 heteroatoms. The van der Waals surface area contributed by atoms with E-state index >= 15 is 0 Å². The van der Waals surface area contributed by atoms with Gasteiger partial charge in [-0.25, -0.2) is 4.98 Å². The molecule has 14 heavy (non-hydrogen) atoms. The Kier molecular flexibility index (Phi) is 4.55. The van der Waals surface area contributed by atoms with Gasteiger partial charge in [0.25, 0.3) is 0 Å². The Morgan fingerprint density at radius 2 is 2.43 bits per heavy atom. The van der Waals surface area contributed by atoms with Gasteiger partial charge >= 0.3 is 0 Å². The predicted molar refractivity (Wildman–Crippen MR) is 58.8 cm³/mol. The van der Waals surface area contributed by atoms with E-state index in [1.807, 2.05) is 6.92 Å². The number of methoxy groups -OCH3 is 1. The van der Waals surface area contributed by atoms with E-state index in [0.717, 1.165) is 29.5 Å². The molecule has 0 unspecified atom stereocenters. The van der Waals surface area contributed by atoms with E-state index in [0.29, 0.717) is 6.61 Å². The first-order valence-electron chi connectivity index (χ1n) is 4.42. The van der Waals surface area contributed by atoms with Crippen LogP contribution in [0.4, 0.5) is 5.13 Å². The van der Waals surface area contributed by atoms with Crippen molar-refractivity contribution in [1.29, 1.82) is 0 Å². The van der Waals surface area contributed by atoms with Crippen LogP contribution in [0.2, 0.25) is 0 Å². The SMILES string of the molecule is C=C(C)CNc1nc(CCOC)ns1. The lowest BCUT2D eigenvalue weighted by atomic mass is 10.4.